The smallest absolute Gasteiger partial charge is 0.257 e. The van der Waals surface area contributed by atoms with E-state index in [1.54, 1.807) is 0 Å². The van der Waals surface area contributed by atoms with Crippen molar-refractivity contribution >= 4 is 11.8 Å². The molecule has 6 nitrogen and oxygen atoms in total. The van der Waals surface area contributed by atoms with E-state index in [1.165, 1.54) is 0 Å². The maximum absolute atomic E-state index is 11.7. The van der Waals surface area contributed by atoms with E-state index >= 15 is 0 Å². The minimum atomic E-state index is -0.116. The van der Waals surface area contributed by atoms with Gasteiger partial charge >= 0.3 is 0 Å². The van der Waals surface area contributed by atoms with E-state index in [9.17, 15) is 9.59 Å². The van der Waals surface area contributed by atoms with Gasteiger partial charge in [0.1, 0.15) is 11.5 Å². The molecule has 2 rings (SSSR count). The molecule has 2 amide bonds. The first kappa shape index (κ1) is 21.3. The zero-order valence-corrected chi connectivity index (χ0v) is 16.1. The van der Waals surface area contributed by atoms with Gasteiger partial charge < -0.3 is 20.1 Å². The molecule has 0 aliphatic rings. The van der Waals surface area contributed by atoms with Gasteiger partial charge in [0, 0.05) is 13.1 Å². The van der Waals surface area contributed by atoms with Crippen LogP contribution in [0.3, 0.4) is 0 Å². The fourth-order valence-electron chi connectivity index (χ4n) is 2.49. The molecule has 0 atom stereocenters. The lowest BCUT2D eigenvalue weighted by atomic mass is 10.2. The third-order valence-electron chi connectivity index (χ3n) is 3.97. The predicted octanol–water partition coefficient (Wildman–Crippen LogP) is 2.94. The molecule has 0 saturated carbocycles. The van der Waals surface area contributed by atoms with Gasteiger partial charge in [-0.3, -0.25) is 9.59 Å². The van der Waals surface area contributed by atoms with Crippen LogP contribution in [-0.2, 0) is 9.59 Å². The molecule has 28 heavy (non-hydrogen) atoms. The number of amides is 2. The summed E-state index contributed by atoms with van der Waals surface area (Å²) < 4.78 is 10.8. The summed E-state index contributed by atoms with van der Waals surface area (Å²) >= 11 is 0. The lowest BCUT2D eigenvalue weighted by Gasteiger charge is -2.08. The first-order valence-corrected chi connectivity index (χ1v) is 9.63. The lowest BCUT2D eigenvalue weighted by molar-refractivity contribution is -0.123. The highest BCUT2D eigenvalue weighted by atomic mass is 16.5. The first-order chi connectivity index (χ1) is 13.7. The highest BCUT2D eigenvalue weighted by Crippen LogP contribution is 2.08. The number of benzene rings is 2. The molecule has 2 N–H and O–H groups in total. The van der Waals surface area contributed by atoms with Crippen LogP contribution in [0.25, 0.3) is 0 Å². The zero-order valence-electron chi connectivity index (χ0n) is 16.1. The van der Waals surface area contributed by atoms with E-state index in [1.807, 2.05) is 60.7 Å². The maximum Gasteiger partial charge on any atom is 0.257 e. The minimum Gasteiger partial charge on any atom is -0.484 e. The predicted molar refractivity (Wildman–Crippen MR) is 108 cm³/mol. The Kier molecular flexibility index (Phi) is 10.0. The molecule has 150 valence electrons. The van der Waals surface area contributed by atoms with Crippen molar-refractivity contribution in [2.45, 2.75) is 25.7 Å². The van der Waals surface area contributed by atoms with Crippen molar-refractivity contribution in [1.29, 1.82) is 0 Å². The summed E-state index contributed by atoms with van der Waals surface area (Å²) in [6.07, 6.45) is 3.80. The third kappa shape index (κ3) is 9.62. The summed E-state index contributed by atoms with van der Waals surface area (Å²) in [5.41, 5.74) is 0. The molecule has 0 spiro atoms. The second-order valence-electron chi connectivity index (χ2n) is 6.32. The SMILES string of the molecule is O=C(COc1ccccc1)NCCCCCCNC(=O)COc1ccccc1. The molecule has 0 bridgehead atoms. The first-order valence-electron chi connectivity index (χ1n) is 9.63. The highest BCUT2D eigenvalue weighted by molar-refractivity contribution is 5.77. The molecule has 0 heterocycles. The summed E-state index contributed by atoms with van der Waals surface area (Å²) in [5.74, 6) is 1.15. The van der Waals surface area contributed by atoms with Gasteiger partial charge in [-0.25, -0.2) is 0 Å². The average molecular weight is 384 g/mol. The largest absolute Gasteiger partial charge is 0.484 e. The maximum atomic E-state index is 11.7. The Bertz CT molecular complexity index is 631. The van der Waals surface area contributed by atoms with Crippen molar-refractivity contribution in [3.63, 3.8) is 0 Å². The van der Waals surface area contributed by atoms with Crippen LogP contribution >= 0.6 is 0 Å². The van der Waals surface area contributed by atoms with Crippen LogP contribution in [0, 0.1) is 0 Å². The van der Waals surface area contributed by atoms with Crippen LogP contribution < -0.4 is 20.1 Å². The Labute approximate surface area is 166 Å². The topological polar surface area (TPSA) is 76.7 Å². The van der Waals surface area contributed by atoms with Crippen LogP contribution in [0.15, 0.2) is 60.7 Å². The molecule has 0 aromatic heterocycles. The minimum absolute atomic E-state index is 0.0289. The number of carbonyl (C=O) groups excluding carboxylic acids is 2. The van der Waals surface area contributed by atoms with Crippen molar-refractivity contribution in [1.82, 2.24) is 10.6 Å². The van der Waals surface area contributed by atoms with Gasteiger partial charge in [0.05, 0.1) is 0 Å². The molecule has 0 saturated heterocycles. The van der Waals surface area contributed by atoms with Gasteiger partial charge in [-0.05, 0) is 37.1 Å². The number of unbranched alkanes of at least 4 members (excludes halogenated alkanes) is 3. The standard InChI is InChI=1S/C22H28N2O4/c25-21(17-27-19-11-5-3-6-12-19)23-15-9-1-2-10-16-24-22(26)18-28-20-13-7-4-8-14-20/h3-8,11-14H,1-2,9-10,15-18H2,(H,23,25)(H,24,26). The number of hydrogen-bond donors (Lipinski definition) is 2. The van der Waals surface area contributed by atoms with Crippen molar-refractivity contribution in [3.05, 3.63) is 60.7 Å². The van der Waals surface area contributed by atoms with Gasteiger partial charge in [-0.15, -0.1) is 0 Å². The van der Waals surface area contributed by atoms with E-state index in [-0.39, 0.29) is 25.0 Å². The Balaban J connectivity index is 1.39. The fraction of sp³-hybridized carbons (Fsp3) is 0.364. The average Bonchev–Trinajstić information content (AvgIpc) is 2.74. The molecular weight excluding hydrogens is 356 g/mol. The van der Waals surface area contributed by atoms with Crippen LogP contribution in [0.2, 0.25) is 0 Å². The molecule has 0 unspecified atom stereocenters. The van der Waals surface area contributed by atoms with Gasteiger partial charge in [0.2, 0.25) is 0 Å². The van der Waals surface area contributed by atoms with Gasteiger partial charge in [0.15, 0.2) is 13.2 Å². The number of para-hydroxylation sites is 2. The van der Waals surface area contributed by atoms with E-state index < -0.39 is 0 Å². The third-order valence-corrected chi connectivity index (χ3v) is 3.97. The Morgan fingerprint density at radius 1 is 0.607 bits per heavy atom. The molecule has 2 aromatic carbocycles. The zero-order chi connectivity index (χ0) is 19.9. The number of rotatable bonds is 13. The molecule has 6 heteroatoms. The van der Waals surface area contributed by atoms with E-state index in [0.29, 0.717) is 24.6 Å². The summed E-state index contributed by atoms with van der Waals surface area (Å²) in [6.45, 7) is 1.32. The van der Waals surface area contributed by atoms with Crippen molar-refractivity contribution in [3.8, 4) is 11.5 Å². The number of carbonyl (C=O) groups is 2. The van der Waals surface area contributed by atoms with Crippen LogP contribution in [-0.4, -0.2) is 38.1 Å². The second kappa shape index (κ2) is 13.2. The Morgan fingerprint density at radius 3 is 1.39 bits per heavy atom. The summed E-state index contributed by atoms with van der Waals surface area (Å²) in [4.78, 5) is 23.4. The normalized spacial score (nSPS) is 10.1. The van der Waals surface area contributed by atoms with Crippen molar-refractivity contribution < 1.29 is 19.1 Å². The lowest BCUT2D eigenvalue weighted by Crippen LogP contribution is -2.30. The van der Waals surface area contributed by atoms with Gasteiger partial charge in [-0.2, -0.15) is 0 Å². The molecule has 0 aliphatic carbocycles. The number of nitrogens with one attached hydrogen (secondary N) is 2. The summed E-state index contributed by atoms with van der Waals surface area (Å²) in [6, 6.07) is 18.5. The van der Waals surface area contributed by atoms with E-state index in [0.717, 1.165) is 25.7 Å². The number of ether oxygens (including phenoxy) is 2. The van der Waals surface area contributed by atoms with Crippen LogP contribution in [0.1, 0.15) is 25.7 Å². The Hall–Kier alpha value is -3.02. The molecular formula is C22H28N2O4. The number of hydrogen-bond acceptors (Lipinski definition) is 4. The van der Waals surface area contributed by atoms with Gasteiger partial charge in [0.25, 0.3) is 11.8 Å². The molecule has 0 radical (unpaired) electrons. The quantitative estimate of drug-likeness (QED) is 0.521. The van der Waals surface area contributed by atoms with Crippen molar-refractivity contribution in [2.24, 2.45) is 0 Å². The van der Waals surface area contributed by atoms with Crippen LogP contribution in [0.4, 0.5) is 0 Å². The summed E-state index contributed by atoms with van der Waals surface area (Å²) in [7, 11) is 0. The molecule has 0 aliphatic heterocycles. The van der Waals surface area contributed by atoms with Crippen LogP contribution in [0.5, 0.6) is 11.5 Å². The van der Waals surface area contributed by atoms with E-state index in [2.05, 4.69) is 10.6 Å². The van der Waals surface area contributed by atoms with Gasteiger partial charge in [-0.1, -0.05) is 49.2 Å². The van der Waals surface area contributed by atoms with E-state index in [4.69, 9.17) is 9.47 Å². The Morgan fingerprint density at radius 2 is 1.00 bits per heavy atom. The van der Waals surface area contributed by atoms with Crippen molar-refractivity contribution in [2.75, 3.05) is 26.3 Å². The fourth-order valence-corrected chi connectivity index (χ4v) is 2.49. The monoisotopic (exact) mass is 384 g/mol. The molecule has 0 fully saturated rings. The second-order valence-corrected chi connectivity index (χ2v) is 6.32. The molecule has 2 aromatic rings. The highest BCUT2D eigenvalue weighted by Gasteiger charge is 2.03. The summed E-state index contributed by atoms with van der Waals surface area (Å²) in [5, 5.41) is 5.69.